The van der Waals surface area contributed by atoms with Crippen molar-refractivity contribution in [1.29, 1.82) is 0 Å². The van der Waals surface area contributed by atoms with Gasteiger partial charge < -0.3 is 24.8 Å². The summed E-state index contributed by atoms with van der Waals surface area (Å²) in [5, 5.41) is 0. The summed E-state index contributed by atoms with van der Waals surface area (Å²) >= 11 is -2.68. The van der Waals surface area contributed by atoms with E-state index >= 15 is 0 Å². The van der Waals surface area contributed by atoms with Gasteiger partial charge in [0.25, 0.3) is 0 Å². The number of halogens is 2. The molecule has 7 rings (SSSR count). The van der Waals surface area contributed by atoms with Crippen molar-refractivity contribution in [1.82, 2.24) is 0 Å². The van der Waals surface area contributed by atoms with Gasteiger partial charge in [0.1, 0.15) is 0 Å². The van der Waals surface area contributed by atoms with Crippen LogP contribution in [0.1, 0.15) is 152 Å². The molecule has 0 heterocycles. The summed E-state index contributed by atoms with van der Waals surface area (Å²) < 4.78 is 3.97. The fourth-order valence-corrected chi connectivity index (χ4v) is 18.5. The minimum absolute atomic E-state index is 0. The molecule has 3 heteroatoms. The molecule has 0 saturated heterocycles. The second kappa shape index (κ2) is 13.6. The van der Waals surface area contributed by atoms with Crippen molar-refractivity contribution in [2.75, 3.05) is 0 Å². The number of rotatable bonds is 4. The Balaban J connectivity index is 0.00000261. The van der Waals surface area contributed by atoms with Crippen LogP contribution in [0, 0.1) is 16.2 Å². The quantitative estimate of drug-likeness (QED) is 0.254. The van der Waals surface area contributed by atoms with E-state index in [2.05, 4.69) is 176 Å². The summed E-state index contributed by atoms with van der Waals surface area (Å²) in [7, 11) is 0. The van der Waals surface area contributed by atoms with Crippen molar-refractivity contribution in [3.63, 3.8) is 0 Å². The van der Waals surface area contributed by atoms with Gasteiger partial charge in [0.2, 0.25) is 0 Å². The maximum Gasteiger partial charge on any atom is -1.00 e. The van der Waals surface area contributed by atoms with Crippen molar-refractivity contribution >= 4 is 14.4 Å². The molecule has 0 radical (unpaired) electrons. The van der Waals surface area contributed by atoms with Crippen LogP contribution in [0.15, 0.2) is 87.8 Å². The number of benzene rings is 3. The zero-order valence-corrected chi connectivity index (χ0v) is 38.2. The first-order valence-electron chi connectivity index (χ1n) is 19.2. The molecule has 0 aliphatic heterocycles. The van der Waals surface area contributed by atoms with Gasteiger partial charge in [-0.05, 0) is 0 Å². The molecular formula is C49H60Cl2Zr. The van der Waals surface area contributed by atoms with E-state index in [1.54, 1.807) is 17.6 Å². The van der Waals surface area contributed by atoms with E-state index in [0.717, 1.165) is 12.8 Å². The van der Waals surface area contributed by atoms with Crippen LogP contribution in [-0.2, 0) is 32.1 Å². The largest absolute Gasteiger partial charge is 1.00 e. The maximum atomic E-state index is 2.72. The third kappa shape index (κ3) is 6.77. The molecule has 3 aromatic rings. The molecule has 0 nitrogen and oxygen atoms in total. The number of hydrogen-bond donors (Lipinski definition) is 0. The van der Waals surface area contributed by atoms with Gasteiger partial charge in [-0.2, -0.15) is 0 Å². The molecule has 0 fully saturated rings. The van der Waals surface area contributed by atoms with E-state index in [0.29, 0.717) is 3.63 Å². The number of hydrogen-bond acceptors (Lipinski definition) is 0. The molecule has 0 spiro atoms. The van der Waals surface area contributed by atoms with E-state index in [4.69, 9.17) is 0 Å². The van der Waals surface area contributed by atoms with Crippen molar-refractivity contribution < 1.29 is 46.1 Å². The molecule has 0 amide bonds. The monoisotopic (exact) mass is 808 g/mol. The van der Waals surface area contributed by atoms with Crippen LogP contribution in [0.25, 0.3) is 22.3 Å². The summed E-state index contributed by atoms with van der Waals surface area (Å²) in [5.74, 6) is 0. The van der Waals surface area contributed by atoms with Crippen molar-refractivity contribution in [2.24, 2.45) is 16.2 Å². The van der Waals surface area contributed by atoms with Gasteiger partial charge in [-0.25, -0.2) is 0 Å². The van der Waals surface area contributed by atoms with Gasteiger partial charge >= 0.3 is 314 Å². The standard InChI is InChI=1S/C31H37.C9H13.C9H10.2ClH.Zr/c1-28(2,3)26-16-30(7,8)24-12-18-11-19-13-25-23(15-21(19)20(18)14-22(24)26)27(29(4,5)6)17-31(25,9)10;1-9(2,3)8-6-4-5-7-8;1-2-6-9-7-4-3-5-8-9;;;/h11-17H,1-10H3;6-7H,4H2,1-3H3;3-5,7-8H,2H2,1H3;2*1H;/q;;;;;+2/p-2. The van der Waals surface area contributed by atoms with E-state index in [-0.39, 0.29) is 51.9 Å². The number of fused-ring (bicyclic) bond motifs is 5. The molecule has 0 aromatic heterocycles. The maximum absolute atomic E-state index is 2.72. The topological polar surface area (TPSA) is 0 Å². The number of allylic oxidation sites excluding steroid dienone is 8. The van der Waals surface area contributed by atoms with E-state index in [1.165, 1.54) is 55.7 Å². The normalized spacial score (nSPS) is 18.5. The summed E-state index contributed by atoms with van der Waals surface area (Å²) in [6.07, 6.45) is 12.6. The fourth-order valence-electron chi connectivity index (χ4n) is 9.42. The van der Waals surface area contributed by atoms with Gasteiger partial charge in [0, 0.05) is 0 Å². The first kappa shape index (κ1) is 41.1. The Morgan fingerprint density at radius 2 is 1.12 bits per heavy atom. The zero-order chi connectivity index (χ0) is 36.3. The van der Waals surface area contributed by atoms with Crippen LogP contribution in [-0.4, -0.2) is 3.21 Å². The molecular weight excluding hydrogens is 751 g/mol. The van der Waals surface area contributed by atoms with Gasteiger partial charge in [0.05, 0.1) is 0 Å². The molecule has 4 aliphatic carbocycles. The summed E-state index contributed by atoms with van der Waals surface area (Å²) in [4.78, 5) is 0. The fraction of sp³-hybridized carbons (Fsp3) is 0.449. The van der Waals surface area contributed by atoms with Gasteiger partial charge in [-0.15, -0.1) is 0 Å². The summed E-state index contributed by atoms with van der Waals surface area (Å²) in [5.41, 5.74) is 18.6. The van der Waals surface area contributed by atoms with Crippen molar-refractivity contribution in [3.8, 4) is 11.1 Å². The minimum atomic E-state index is -2.68. The van der Waals surface area contributed by atoms with E-state index < -0.39 is 21.3 Å². The van der Waals surface area contributed by atoms with Crippen molar-refractivity contribution in [3.05, 3.63) is 127 Å². The Morgan fingerprint density at radius 1 is 0.654 bits per heavy atom. The Kier molecular flexibility index (Phi) is 10.8. The average Bonchev–Trinajstić information content (AvgIpc) is 3.75. The Hall–Kier alpha value is -2.05. The Bertz CT molecular complexity index is 1990. The minimum Gasteiger partial charge on any atom is -1.00 e. The van der Waals surface area contributed by atoms with Crippen LogP contribution >= 0.6 is 0 Å². The molecule has 0 atom stereocenters. The zero-order valence-electron chi connectivity index (χ0n) is 34.3. The molecule has 4 aliphatic rings. The molecule has 52 heavy (non-hydrogen) atoms. The van der Waals surface area contributed by atoms with Crippen LogP contribution in [0.5, 0.6) is 0 Å². The Labute approximate surface area is 336 Å². The molecule has 0 N–H and O–H groups in total. The molecule has 274 valence electrons. The second-order valence-corrected chi connectivity index (χ2v) is 26.4. The second-order valence-electron chi connectivity index (χ2n) is 19.9. The van der Waals surface area contributed by atoms with E-state index in [9.17, 15) is 0 Å². The smallest absolute Gasteiger partial charge is 1.00 e. The molecule has 3 aromatic carbocycles. The van der Waals surface area contributed by atoms with Gasteiger partial charge in [-0.3, -0.25) is 0 Å². The predicted molar refractivity (Wildman–Crippen MR) is 216 cm³/mol. The predicted octanol–water partition coefficient (Wildman–Crippen LogP) is 7.71. The average molecular weight is 811 g/mol. The van der Waals surface area contributed by atoms with Gasteiger partial charge in [-0.1, -0.05) is 0 Å². The first-order valence-corrected chi connectivity index (χ1v) is 23.1. The molecule has 0 bridgehead atoms. The van der Waals surface area contributed by atoms with E-state index in [1.807, 2.05) is 0 Å². The SMILES string of the molecule is CC/[C](c1ccccc1)=[Zr+2](/[C]1=CC(C(C)(C)C)=CC1)[CH]1c2cc3c(cc2-c2cc4c(cc21)C(C)(C)C=C4C(C)(C)C)C(C(C)(C)C)=CC3(C)C.[Cl-].[Cl-]. The Morgan fingerprint density at radius 3 is 1.50 bits per heavy atom. The third-order valence-electron chi connectivity index (χ3n) is 12.1. The first-order chi connectivity index (χ1) is 23.1. The summed E-state index contributed by atoms with van der Waals surface area (Å²) in [6, 6.07) is 22.2. The van der Waals surface area contributed by atoms with Crippen molar-refractivity contribution in [2.45, 2.75) is 124 Å². The van der Waals surface area contributed by atoms with Crippen LogP contribution < -0.4 is 24.8 Å². The third-order valence-corrected chi connectivity index (χ3v) is 20.7. The van der Waals surface area contributed by atoms with Crippen LogP contribution in [0.4, 0.5) is 0 Å². The van der Waals surface area contributed by atoms with Gasteiger partial charge in [0.15, 0.2) is 0 Å². The molecule has 0 saturated carbocycles. The van der Waals surface area contributed by atoms with Crippen LogP contribution in [0.2, 0.25) is 0 Å². The summed E-state index contributed by atoms with van der Waals surface area (Å²) in [6.45, 7) is 33.7. The van der Waals surface area contributed by atoms with Crippen LogP contribution in [0.3, 0.4) is 0 Å². The molecule has 0 unspecified atom stereocenters.